The minimum atomic E-state index is -0.622. The SMILES string of the molecule is CC(=O)N1CCC(C(=O)Nc2ccc(N3CCN(C)CC3)cc2)(c2ccccc2)CC1. The van der Waals surface area contributed by atoms with Crippen LogP contribution in [0.5, 0.6) is 0 Å². The number of amides is 2. The van der Waals surface area contributed by atoms with Crippen molar-refractivity contribution < 1.29 is 9.59 Å². The Hall–Kier alpha value is -2.86. The monoisotopic (exact) mass is 420 g/mol. The molecule has 6 heteroatoms. The van der Waals surface area contributed by atoms with Gasteiger partial charge >= 0.3 is 0 Å². The van der Waals surface area contributed by atoms with Crippen LogP contribution in [0.3, 0.4) is 0 Å². The summed E-state index contributed by atoms with van der Waals surface area (Å²) < 4.78 is 0. The van der Waals surface area contributed by atoms with Crippen molar-refractivity contribution in [3.63, 3.8) is 0 Å². The molecule has 2 aliphatic rings. The van der Waals surface area contributed by atoms with Gasteiger partial charge in [0.2, 0.25) is 11.8 Å². The van der Waals surface area contributed by atoms with Crippen molar-refractivity contribution in [2.24, 2.45) is 0 Å². The molecule has 2 saturated heterocycles. The smallest absolute Gasteiger partial charge is 0.235 e. The maximum absolute atomic E-state index is 13.6. The topological polar surface area (TPSA) is 55.9 Å². The average Bonchev–Trinajstić information content (AvgIpc) is 2.80. The number of carbonyl (C=O) groups is 2. The molecule has 2 aromatic rings. The Kier molecular flexibility index (Phi) is 6.28. The van der Waals surface area contributed by atoms with Gasteiger partial charge in [0.1, 0.15) is 0 Å². The Bertz CT molecular complexity index is 897. The molecular weight excluding hydrogens is 388 g/mol. The second-order valence-electron chi connectivity index (χ2n) is 8.75. The maximum Gasteiger partial charge on any atom is 0.235 e. The van der Waals surface area contributed by atoms with Crippen LogP contribution in [0.2, 0.25) is 0 Å². The number of anilines is 2. The van der Waals surface area contributed by atoms with Crippen LogP contribution in [0.15, 0.2) is 54.6 Å². The Morgan fingerprint density at radius 1 is 0.839 bits per heavy atom. The number of nitrogens with zero attached hydrogens (tertiary/aromatic N) is 3. The number of nitrogens with one attached hydrogen (secondary N) is 1. The van der Waals surface area contributed by atoms with Crippen LogP contribution >= 0.6 is 0 Å². The zero-order valence-electron chi connectivity index (χ0n) is 18.5. The van der Waals surface area contributed by atoms with E-state index in [9.17, 15) is 9.59 Å². The zero-order valence-corrected chi connectivity index (χ0v) is 18.5. The molecule has 2 amide bonds. The Labute approximate surface area is 184 Å². The highest BCUT2D eigenvalue weighted by molar-refractivity contribution is 5.99. The molecular formula is C25H32N4O2. The van der Waals surface area contributed by atoms with Crippen molar-refractivity contribution in [2.45, 2.75) is 25.2 Å². The molecule has 0 saturated carbocycles. The first kappa shape index (κ1) is 21.4. The highest BCUT2D eigenvalue weighted by atomic mass is 16.2. The molecule has 2 aromatic carbocycles. The maximum atomic E-state index is 13.6. The number of likely N-dealkylation sites (tertiary alicyclic amines) is 1. The lowest BCUT2D eigenvalue weighted by atomic mass is 9.72. The summed E-state index contributed by atoms with van der Waals surface area (Å²) in [6.07, 6.45) is 1.25. The van der Waals surface area contributed by atoms with Crippen molar-refractivity contribution in [1.82, 2.24) is 9.80 Å². The van der Waals surface area contributed by atoms with E-state index in [1.54, 1.807) is 6.92 Å². The third-order valence-corrected chi connectivity index (χ3v) is 6.82. The van der Waals surface area contributed by atoms with E-state index in [4.69, 9.17) is 0 Å². The predicted octanol–water partition coefficient (Wildman–Crippen LogP) is 2.96. The summed E-state index contributed by atoms with van der Waals surface area (Å²) in [6, 6.07) is 18.2. The quantitative estimate of drug-likeness (QED) is 0.826. The summed E-state index contributed by atoms with van der Waals surface area (Å²) in [4.78, 5) is 31.9. The van der Waals surface area contributed by atoms with Gasteiger partial charge in [0.15, 0.2) is 0 Å². The molecule has 0 radical (unpaired) electrons. The van der Waals surface area contributed by atoms with Crippen molar-refractivity contribution in [3.8, 4) is 0 Å². The standard InChI is InChI=1S/C25H32N4O2/c1-20(30)28-14-12-25(13-15-28,21-6-4-3-5-7-21)24(31)26-22-8-10-23(11-9-22)29-18-16-27(2)17-19-29/h3-11H,12-19H2,1-2H3,(H,26,31). The number of piperazine rings is 1. The molecule has 6 nitrogen and oxygen atoms in total. The highest BCUT2D eigenvalue weighted by Crippen LogP contribution is 2.37. The second-order valence-corrected chi connectivity index (χ2v) is 8.75. The molecule has 4 rings (SSSR count). The fourth-order valence-corrected chi connectivity index (χ4v) is 4.68. The minimum absolute atomic E-state index is 0.00856. The number of piperidine rings is 1. The first-order valence-electron chi connectivity index (χ1n) is 11.1. The van der Waals surface area contributed by atoms with E-state index in [0.29, 0.717) is 25.9 Å². The second kappa shape index (κ2) is 9.10. The number of hydrogen-bond acceptors (Lipinski definition) is 4. The van der Waals surface area contributed by atoms with Crippen molar-refractivity contribution in [3.05, 3.63) is 60.2 Å². The van der Waals surface area contributed by atoms with E-state index < -0.39 is 5.41 Å². The summed E-state index contributed by atoms with van der Waals surface area (Å²) in [5.74, 6) is 0.0795. The minimum Gasteiger partial charge on any atom is -0.369 e. The van der Waals surface area contributed by atoms with Gasteiger partial charge in [-0.1, -0.05) is 30.3 Å². The van der Waals surface area contributed by atoms with Crippen LogP contribution in [-0.4, -0.2) is 67.9 Å². The van der Waals surface area contributed by atoms with Gasteiger partial charge in [-0.3, -0.25) is 9.59 Å². The van der Waals surface area contributed by atoms with Crippen molar-refractivity contribution >= 4 is 23.2 Å². The normalized spacial score (nSPS) is 19.2. The first-order valence-corrected chi connectivity index (χ1v) is 11.1. The van der Waals surface area contributed by atoms with Gasteiger partial charge in [0.25, 0.3) is 0 Å². The Morgan fingerprint density at radius 3 is 2.03 bits per heavy atom. The van der Waals surface area contributed by atoms with E-state index in [1.807, 2.05) is 47.4 Å². The number of rotatable bonds is 4. The van der Waals surface area contributed by atoms with Crippen molar-refractivity contribution in [2.75, 3.05) is 56.5 Å². The highest BCUT2D eigenvalue weighted by Gasteiger charge is 2.43. The largest absolute Gasteiger partial charge is 0.369 e. The van der Waals surface area contributed by atoms with Crippen LogP contribution in [0.1, 0.15) is 25.3 Å². The fraction of sp³-hybridized carbons (Fsp3) is 0.440. The molecule has 0 spiro atoms. The molecule has 2 heterocycles. The zero-order chi connectivity index (χ0) is 21.8. The third kappa shape index (κ3) is 4.59. The molecule has 0 aromatic heterocycles. The molecule has 2 fully saturated rings. The molecule has 31 heavy (non-hydrogen) atoms. The molecule has 2 aliphatic heterocycles. The molecule has 0 unspecified atom stereocenters. The number of hydrogen-bond donors (Lipinski definition) is 1. The molecule has 164 valence electrons. The molecule has 0 bridgehead atoms. The average molecular weight is 421 g/mol. The van der Waals surface area contributed by atoms with Crippen LogP contribution in [0, 0.1) is 0 Å². The Balaban J connectivity index is 1.50. The predicted molar refractivity (Wildman–Crippen MR) is 124 cm³/mol. The number of benzene rings is 2. The lowest BCUT2D eigenvalue weighted by Crippen LogP contribution is -2.50. The van der Waals surface area contributed by atoms with Crippen LogP contribution in [0.25, 0.3) is 0 Å². The first-order chi connectivity index (χ1) is 15.0. The summed E-state index contributed by atoms with van der Waals surface area (Å²) in [6.45, 7) is 6.96. The van der Waals surface area contributed by atoms with E-state index >= 15 is 0 Å². The van der Waals surface area contributed by atoms with E-state index in [-0.39, 0.29) is 11.8 Å². The summed E-state index contributed by atoms with van der Waals surface area (Å²) in [5, 5.41) is 3.16. The molecule has 0 aliphatic carbocycles. The van der Waals surface area contributed by atoms with Gasteiger partial charge < -0.3 is 20.0 Å². The van der Waals surface area contributed by atoms with Crippen LogP contribution < -0.4 is 10.2 Å². The van der Waals surface area contributed by atoms with E-state index in [1.165, 1.54) is 5.69 Å². The van der Waals surface area contributed by atoms with Gasteiger partial charge in [-0.05, 0) is 49.7 Å². The number of carbonyl (C=O) groups excluding carboxylic acids is 2. The lowest BCUT2D eigenvalue weighted by Gasteiger charge is -2.40. The van der Waals surface area contributed by atoms with E-state index in [0.717, 1.165) is 37.4 Å². The fourth-order valence-electron chi connectivity index (χ4n) is 4.68. The Morgan fingerprint density at radius 2 is 1.45 bits per heavy atom. The third-order valence-electron chi connectivity index (χ3n) is 6.82. The molecule has 0 atom stereocenters. The van der Waals surface area contributed by atoms with E-state index in [2.05, 4.69) is 34.3 Å². The van der Waals surface area contributed by atoms with Gasteiger partial charge in [-0.2, -0.15) is 0 Å². The van der Waals surface area contributed by atoms with Crippen molar-refractivity contribution in [1.29, 1.82) is 0 Å². The van der Waals surface area contributed by atoms with Crippen LogP contribution in [0.4, 0.5) is 11.4 Å². The van der Waals surface area contributed by atoms with Gasteiger partial charge in [0, 0.05) is 57.6 Å². The number of likely N-dealkylation sites (N-methyl/N-ethyl adjacent to an activating group) is 1. The summed E-state index contributed by atoms with van der Waals surface area (Å²) in [7, 11) is 2.15. The summed E-state index contributed by atoms with van der Waals surface area (Å²) >= 11 is 0. The van der Waals surface area contributed by atoms with Gasteiger partial charge in [-0.25, -0.2) is 0 Å². The lowest BCUT2D eigenvalue weighted by molar-refractivity contribution is -0.133. The van der Waals surface area contributed by atoms with Gasteiger partial charge in [0.05, 0.1) is 5.41 Å². The molecule has 1 N–H and O–H groups in total. The summed E-state index contributed by atoms with van der Waals surface area (Å²) in [5.41, 5.74) is 2.40. The van der Waals surface area contributed by atoms with Gasteiger partial charge in [-0.15, -0.1) is 0 Å². The van der Waals surface area contributed by atoms with Crippen LogP contribution in [-0.2, 0) is 15.0 Å².